The van der Waals surface area contributed by atoms with Crippen LogP contribution in [0.1, 0.15) is 32.9 Å². The number of halogens is 2. The molecule has 184 valence electrons. The van der Waals surface area contributed by atoms with E-state index in [9.17, 15) is 14.4 Å². The van der Waals surface area contributed by atoms with Crippen molar-refractivity contribution in [1.29, 1.82) is 0 Å². The summed E-state index contributed by atoms with van der Waals surface area (Å²) >= 11 is 11.7. The number of ether oxygens (including phenoxy) is 1. The topological polar surface area (TPSA) is 106 Å². The van der Waals surface area contributed by atoms with Gasteiger partial charge >= 0.3 is 11.9 Å². The number of aliphatic carboxylic acids is 2. The molecule has 1 aromatic heterocycles. The summed E-state index contributed by atoms with van der Waals surface area (Å²) in [5.41, 5.74) is 3.05. The highest BCUT2D eigenvalue weighted by Crippen LogP contribution is 2.25. The number of aromatic nitrogens is 1. The molecule has 35 heavy (non-hydrogen) atoms. The van der Waals surface area contributed by atoms with Gasteiger partial charge < -0.3 is 19.5 Å². The summed E-state index contributed by atoms with van der Waals surface area (Å²) in [6, 6.07) is 13.3. The highest BCUT2D eigenvalue weighted by molar-refractivity contribution is 6.32. The van der Waals surface area contributed by atoms with Crippen LogP contribution in [0.3, 0.4) is 0 Å². The van der Waals surface area contributed by atoms with E-state index in [2.05, 4.69) is 6.58 Å². The van der Waals surface area contributed by atoms with E-state index in [-0.39, 0.29) is 18.6 Å². The summed E-state index contributed by atoms with van der Waals surface area (Å²) < 4.78 is 6.89. The number of aryl methyl sites for hydroxylation is 1. The van der Waals surface area contributed by atoms with Gasteiger partial charge in [0.15, 0.2) is 0 Å². The van der Waals surface area contributed by atoms with Gasteiger partial charge in [0.2, 0.25) is 5.78 Å². The second kappa shape index (κ2) is 12.8. The Morgan fingerprint density at radius 3 is 2.17 bits per heavy atom. The van der Waals surface area contributed by atoms with Crippen LogP contribution in [-0.4, -0.2) is 39.1 Å². The van der Waals surface area contributed by atoms with Crippen molar-refractivity contribution in [3.8, 4) is 5.75 Å². The Bertz CT molecular complexity index is 1230. The number of carbonyl (C=O) groups excluding carboxylic acids is 1. The molecule has 3 aromatic rings. The average molecular weight is 518 g/mol. The van der Waals surface area contributed by atoms with Crippen LogP contribution in [-0.2, 0) is 29.5 Å². The molecule has 0 spiro atoms. The molecule has 0 fully saturated rings. The lowest BCUT2D eigenvalue weighted by Gasteiger charge is -2.07. The number of nitrogens with zero attached hydrogens (tertiary/aromatic N) is 1. The Labute approximate surface area is 213 Å². The van der Waals surface area contributed by atoms with Gasteiger partial charge in [-0.2, -0.15) is 0 Å². The number of hydrogen-bond donors (Lipinski definition) is 2. The highest BCUT2D eigenvalue weighted by Gasteiger charge is 2.19. The first-order chi connectivity index (χ1) is 16.5. The van der Waals surface area contributed by atoms with Crippen LogP contribution in [0.5, 0.6) is 5.75 Å². The number of benzene rings is 2. The first-order valence-corrected chi connectivity index (χ1v) is 11.2. The van der Waals surface area contributed by atoms with Gasteiger partial charge in [-0.25, -0.2) is 0 Å². The van der Waals surface area contributed by atoms with E-state index in [4.69, 9.17) is 38.2 Å². The number of carboxylic acid groups (broad SMARTS) is 2. The molecule has 7 nitrogen and oxygen atoms in total. The third kappa shape index (κ3) is 8.02. The fourth-order valence-corrected chi connectivity index (χ4v) is 3.70. The predicted octanol–water partition coefficient (Wildman–Crippen LogP) is 5.38. The third-order valence-electron chi connectivity index (χ3n) is 4.89. The second-order valence-corrected chi connectivity index (χ2v) is 8.41. The summed E-state index contributed by atoms with van der Waals surface area (Å²) in [4.78, 5) is 33.7. The van der Waals surface area contributed by atoms with E-state index < -0.39 is 11.9 Å². The van der Waals surface area contributed by atoms with Gasteiger partial charge in [0, 0.05) is 23.3 Å². The van der Waals surface area contributed by atoms with Gasteiger partial charge in [-0.15, -0.1) is 0 Å². The molecule has 0 aliphatic carbocycles. The Kier molecular flexibility index (Phi) is 10.1. The molecular weight excluding hydrogens is 493 g/mol. The monoisotopic (exact) mass is 517 g/mol. The standard InChI is InChI=1S/C15H14ClNO3.C11H11ClO3/c1-9-7-12(8-13(18)19)17(2)14(9)15(20)10-3-5-11(16)6-4-10;1-2-5-15-10-4-3-8(6-9(10)12)7-11(13)14/h3-7H,8H2,1-2H3,(H,18,19);2-4,6H,1,5,7H2,(H,13,14). The molecule has 0 aliphatic heterocycles. The fourth-order valence-electron chi connectivity index (χ4n) is 3.31. The van der Waals surface area contributed by atoms with Gasteiger partial charge in [0.1, 0.15) is 12.4 Å². The maximum atomic E-state index is 12.5. The lowest BCUT2D eigenvalue weighted by molar-refractivity contribution is -0.137. The summed E-state index contributed by atoms with van der Waals surface area (Å²) in [6.45, 7) is 5.69. The van der Waals surface area contributed by atoms with Crippen LogP contribution < -0.4 is 4.74 Å². The van der Waals surface area contributed by atoms with E-state index in [0.717, 1.165) is 5.56 Å². The zero-order valence-corrected chi connectivity index (χ0v) is 20.8. The largest absolute Gasteiger partial charge is 0.488 e. The zero-order chi connectivity index (χ0) is 26.1. The Morgan fingerprint density at radius 1 is 1.00 bits per heavy atom. The molecule has 1 heterocycles. The number of ketones is 1. The maximum absolute atomic E-state index is 12.5. The molecule has 0 atom stereocenters. The van der Waals surface area contributed by atoms with Crippen molar-refractivity contribution >= 4 is 40.9 Å². The SMILES string of the molecule is C=CCOc1ccc(CC(=O)O)cc1Cl.Cc1cc(CC(=O)O)n(C)c1C(=O)c1ccc(Cl)cc1. The van der Waals surface area contributed by atoms with Crippen molar-refractivity contribution < 1.29 is 29.3 Å². The van der Waals surface area contributed by atoms with Gasteiger partial charge in [-0.3, -0.25) is 14.4 Å². The Balaban J connectivity index is 0.000000258. The predicted molar refractivity (Wildman–Crippen MR) is 135 cm³/mol. The van der Waals surface area contributed by atoms with E-state index in [1.54, 1.807) is 73.1 Å². The van der Waals surface area contributed by atoms with Crippen LogP contribution in [0, 0.1) is 6.92 Å². The van der Waals surface area contributed by atoms with Crippen molar-refractivity contribution in [2.24, 2.45) is 7.05 Å². The summed E-state index contributed by atoms with van der Waals surface area (Å²) in [5, 5.41) is 18.4. The van der Waals surface area contributed by atoms with Gasteiger partial charge in [-0.05, 0) is 60.5 Å². The molecule has 0 saturated heterocycles. The van der Waals surface area contributed by atoms with E-state index in [1.165, 1.54) is 0 Å². The van der Waals surface area contributed by atoms with E-state index in [0.29, 0.717) is 44.9 Å². The second-order valence-electron chi connectivity index (χ2n) is 7.57. The number of rotatable bonds is 9. The van der Waals surface area contributed by atoms with E-state index >= 15 is 0 Å². The minimum Gasteiger partial charge on any atom is -0.488 e. The van der Waals surface area contributed by atoms with Crippen LogP contribution in [0.2, 0.25) is 10.0 Å². The summed E-state index contributed by atoms with van der Waals surface area (Å²) in [5.74, 6) is -1.41. The number of hydrogen-bond acceptors (Lipinski definition) is 4. The van der Waals surface area contributed by atoms with Crippen LogP contribution in [0.4, 0.5) is 0 Å². The number of carboxylic acids is 2. The molecular formula is C26H25Cl2NO6. The minimum absolute atomic E-state index is 0.0402. The molecule has 0 aliphatic rings. The molecule has 0 bridgehead atoms. The quantitative estimate of drug-likeness (QED) is 0.291. The lowest BCUT2D eigenvalue weighted by Crippen LogP contribution is -2.12. The van der Waals surface area contributed by atoms with E-state index in [1.807, 2.05) is 0 Å². The maximum Gasteiger partial charge on any atom is 0.309 e. The zero-order valence-electron chi connectivity index (χ0n) is 19.3. The third-order valence-corrected chi connectivity index (χ3v) is 5.43. The minimum atomic E-state index is -0.920. The molecule has 2 aromatic carbocycles. The highest BCUT2D eigenvalue weighted by atomic mass is 35.5. The first-order valence-electron chi connectivity index (χ1n) is 10.4. The van der Waals surface area contributed by atoms with Crippen molar-refractivity contribution in [2.75, 3.05) is 6.61 Å². The van der Waals surface area contributed by atoms with Gasteiger partial charge in [0.25, 0.3) is 0 Å². The molecule has 3 rings (SSSR count). The van der Waals surface area contributed by atoms with Crippen molar-refractivity contribution in [1.82, 2.24) is 4.57 Å². The van der Waals surface area contributed by atoms with Crippen molar-refractivity contribution in [2.45, 2.75) is 19.8 Å². The van der Waals surface area contributed by atoms with Crippen LogP contribution >= 0.6 is 23.2 Å². The summed E-state index contributed by atoms with van der Waals surface area (Å²) in [7, 11) is 1.70. The number of carbonyl (C=O) groups is 3. The molecule has 0 radical (unpaired) electrons. The molecule has 2 N–H and O–H groups in total. The Hall–Kier alpha value is -3.55. The molecule has 0 amide bonds. The smallest absolute Gasteiger partial charge is 0.309 e. The molecule has 0 saturated carbocycles. The normalized spacial score (nSPS) is 10.2. The van der Waals surface area contributed by atoms with Crippen molar-refractivity contribution in [3.05, 3.63) is 99.3 Å². The van der Waals surface area contributed by atoms with Crippen LogP contribution in [0.15, 0.2) is 61.2 Å². The lowest BCUT2D eigenvalue weighted by atomic mass is 10.1. The van der Waals surface area contributed by atoms with Gasteiger partial charge in [0.05, 0.1) is 23.6 Å². The fraction of sp³-hybridized carbons (Fsp3) is 0.192. The Morgan fingerprint density at radius 2 is 1.63 bits per heavy atom. The molecule has 0 unspecified atom stereocenters. The van der Waals surface area contributed by atoms with Crippen LogP contribution in [0.25, 0.3) is 0 Å². The average Bonchev–Trinajstić information content (AvgIpc) is 3.05. The molecule has 9 heteroatoms. The van der Waals surface area contributed by atoms with Gasteiger partial charge in [-0.1, -0.05) is 41.9 Å². The summed E-state index contributed by atoms with van der Waals surface area (Å²) in [6.07, 6.45) is 1.47. The van der Waals surface area contributed by atoms with Crippen molar-refractivity contribution in [3.63, 3.8) is 0 Å². The first kappa shape index (κ1) is 27.7.